The average Bonchev–Trinajstić information content (AvgIpc) is 3.37. The highest BCUT2D eigenvalue weighted by molar-refractivity contribution is 7.17. The number of thiophene rings is 1. The van der Waals surface area contributed by atoms with Gasteiger partial charge in [-0.25, -0.2) is 4.98 Å². The molecule has 150 valence electrons. The lowest BCUT2D eigenvalue weighted by molar-refractivity contribution is 0.302. The topological polar surface area (TPSA) is 80.6 Å². The molecule has 0 amide bonds. The first kappa shape index (κ1) is 19.2. The van der Waals surface area contributed by atoms with Crippen LogP contribution in [0.1, 0.15) is 11.4 Å². The number of hydrogen-bond acceptors (Lipinski definition) is 7. The van der Waals surface area contributed by atoms with Gasteiger partial charge in [-0.1, -0.05) is 6.07 Å². The second-order valence-corrected chi connectivity index (χ2v) is 7.53. The third-order valence-corrected chi connectivity index (χ3v) is 5.51. The summed E-state index contributed by atoms with van der Waals surface area (Å²) < 4.78 is 16.2. The first-order valence-electron chi connectivity index (χ1n) is 9.02. The number of nitrogens with one attached hydrogen (secondary N) is 1. The van der Waals surface area contributed by atoms with E-state index < -0.39 is 0 Å². The molecule has 3 heterocycles. The molecule has 0 aliphatic rings. The Morgan fingerprint density at radius 2 is 2.07 bits per heavy atom. The van der Waals surface area contributed by atoms with Crippen molar-refractivity contribution in [3.05, 3.63) is 63.7 Å². The van der Waals surface area contributed by atoms with Gasteiger partial charge in [0.1, 0.15) is 27.9 Å². The van der Waals surface area contributed by atoms with Crippen LogP contribution in [0.3, 0.4) is 0 Å². The standard InChI is InChI=1S/C21H21N3O4S/c1-24(10-13-6-7-14(26-2)9-17(13)27-3)11-18-22-20(25)19-15(12-29-21(19)23-18)16-5-4-8-28-16/h4-9,12H,10-11H2,1-3H3,(H,22,23,25). The van der Waals surface area contributed by atoms with Gasteiger partial charge in [-0.2, -0.15) is 0 Å². The van der Waals surface area contributed by atoms with Crippen molar-refractivity contribution in [3.8, 4) is 22.8 Å². The van der Waals surface area contributed by atoms with Crippen molar-refractivity contribution >= 4 is 21.6 Å². The van der Waals surface area contributed by atoms with Crippen LogP contribution >= 0.6 is 11.3 Å². The molecular formula is C21H21N3O4S. The molecule has 0 fully saturated rings. The zero-order valence-electron chi connectivity index (χ0n) is 16.4. The molecule has 0 aliphatic heterocycles. The summed E-state index contributed by atoms with van der Waals surface area (Å²) in [5.41, 5.74) is 1.63. The minimum absolute atomic E-state index is 0.159. The number of H-pyrrole nitrogens is 1. The lowest BCUT2D eigenvalue weighted by Gasteiger charge is -2.18. The second kappa shape index (κ2) is 8.10. The van der Waals surface area contributed by atoms with Crippen LogP contribution < -0.4 is 15.0 Å². The number of nitrogens with zero attached hydrogens (tertiary/aromatic N) is 2. The van der Waals surface area contributed by atoms with Gasteiger partial charge in [0.2, 0.25) is 0 Å². The molecule has 3 aromatic heterocycles. The van der Waals surface area contributed by atoms with Crippen molar-refractivity contribution in [2.24, 2.45) is 0 Å². The number of benzene rings is 1. The van der Waals surface area contributed by atoms with Crippen molar-refractivity contribution in [3.63, 3.8) is 0 Å². The van der Waals surface area contributed by atoms with Crippen LogP contribution in [-0.2, 0) is 13.1 Å². The Kier molecular flexibility index (Phi) is 5.37. The highest BCUT2D eigenvalue weighted by Gasteiger charge is 2.16. The maximum absolute atomic E-state index is 12.7. The molecule has 0 aliphatic carbocycles. The molecule has 0 unspecified atom stereocenters. The largest absolute Gasteiger partial charge is 0.497 e. The van der Waals surface area contributed by atoms with E-state index in [0.717, 1.165) is 22.6 Å². The molecule has 4 aromatic rings. The fraction of sp³-hybridized carbons (Fsp3) is 0.238. The monoisotopic (exact) mass is 411 g/mol. The molecule has 1 N–H and O–H groups in total. The van der Waals surface area contributed by atoms with Crippen LogP contribution in [0.15, 0.2) is 51.2 Å². The van der Waals surface area contributed by atoms with Gasteiger partial charge >= 0.3 is 0 Å². The molecule has 1 aromatic carbocycles. The summed E-state index contributed by atoms with van der Waals surface area (Å²) in [5, 5.41) is 2.47. The van der Waals surface area contributed by atoms with E-state index in [2.05, 4.69) is 14.9 Å². The minimum atomic E-state index is -0.159. The molecule has 0 spiro atoms. The van der Waals surface area contributed by atoms with E-state index in [1.807, 2.05) is 36.7 Å². The molecule has 0 saturated carbocycles. The van der Waals surface area contributed by atoms with E-state index in [9.17, 15) is 4.79 Å². The van der Waals surface area contributed by atoms with Crippen LogP contribution in [0.2, 0.25) is 0 Å². The van der Waals surface area contributed by atoms with E-state index in [1.165, 1.54) is 11.3 Å². The molecule has 29 heavy (non-hydrogen) atoms. The molecular weight excluding hydrogens is 390 g/mol. The van der Waals surface area contributed by atoms with E-state index in [1.54, 1.807) is 26.5 Å². The van der Waals surface area contributed by atoms with Gasteiger partial charge in [-0.15, -0.1) is 11.3 Å². The zero-order chi connectivity index (χ0) is 20.4. The SMILES string of the molecule is COc1ccc(CN(C)Cc2nc3scc(-c4ccco4)c3c(=O)[nH]2)c(OC)c1. The summed E-state index contributed by atoms with van der Waals surface area (Å²) in [6.45, 7) is 1.13. The predicted molar refractivity (Wildman–Crippen MR) is 113 cm³/mol. The average molecular weight is 411 g/mol. The Bertz CT molecular complexity index is 1180. The maximum atomic E-state index is 12.7. The van der Waals surface area contributed by atoms with E-state index in [0.29, 0.717) is 34.9 Å². The van der Waals surface area contributed by atoms with Crippen molar-refractivity contribution in [1.82, 2.24) is 14.9 Å². The van der Waals surface area contributed by atoms with Gasteiger partial charge in [0.25, 0.3) is 5.56 Å². The number of aromatic amines is 1. The Morgan fingerprint density at radius 1 is 1.21 bits per heavy atom. The maximum Gasteiger partial charge on any atom is 0.260 e. The highest BCUT2D eigenvalue weighted by Crippen LogP contribution is 2.31. The molecule has 0 atom stereocenters. The Hall–Kier alpha value is -3.10. The number of ether oxygens (including phenoxy) is 2. The van der Waals surface area contributed by atoms with Gasteiger partial charge in [0, 0.05) is 29.1 Å². The molecule has 0 bridgehead atoms. The number of aromatic nitrogens is 2. The van der Waals surface area contributed by atoms with Crippen LogP contribution in [0.25, 0.3) is 21.5 Å². The summed E-state index contributed by atoms with van der Waals surface area (Å²) >= 11 is 1.44. The molecule has 7 nitrogen and oxygen atoms in total. The van der Waals surface area contributed by atoms with E-state index in [4.69, 9.17) is 13.9 Å². The third-order valence-electron chi connectivity index (χ3n) is 4.63. The predicted octanol–water partition coefficient (Wildman–Crippen LogP) is 3.89. The van der Waals surface area contributed by atoms with Gasteiger partial charge in [0.15, 0.2) is 0 Å². The molecule has 8 heteroatoms. The van der Waals surface area contributed by atoms with Crippen molar-refractivity contribution in [2.45, 2.75) is 13.1 Å². The lowest BCUT2D eigenvalue weighted by atomic mass is 10.1. The fourth-order valence-corrected chi connectivity index (χ4v) is 4.21. The Balaban J connectivity index is 1.56. The Labute approximate surface area is 171 Å². The van der Waals surface area contributed by atoms with Crippen molar-refractivity contribution in [1.29, 1.82) is 0 Å². The van der Waals surface area contributed by atoms with Gasteiger partial charge in [-0.05, 0) is 25.2 Å². The summed E-state index contributed by atoms with van der Waals surface area (Å²) in [5.74, 6) is 2.79. The van der Waals surface area contributed by atoms with E-state index >= 15 is 0 Å². The van der Waals surface area contributed by atoms with Crippen molar-refractivity contribution < 1.29 is 13.9 Å². The van der Waals surface area contributed by atoms with Gasteiger partial charge in [0.05, 0.1) is 32.4 Å². The third kappa shape index (κ3) is 3.90. The first-order chi connectivity index (χ1) is 14.1. The number of furan rings is 1. The Morgan fingerprint density at radius 3 is 2.79 bits per heavy atom. The molecule has 4 rings (SSSR count). The number of rotatable bonds is 7. The fourth-order valence-electron chi connectivity index (χ4n) is 3.27. The van der Waals surface area contributed by atoms with Gasteiger partial charge < -0.3 is 18.9 Å². The first-order valence-corrected chi connectivity index (χ1v) is 9.90. The minimum Gasteiger partial charge on any atom is -0.497 e. The zero-order valence-corrected chi connectivity index (χ0v) is 17.2. The van der Waals surface area contributed by atoms with Crippen LogP contribution in [-0.4, -0.2) is 36.1 Å². The van der Waals surface area contributed by atoms with E-state index in [-0.39, 0.29) is 5.56 Å². The second-order valence-electron chi connectivity index (χ2n) is 6.67. The van der Waals surface area contributed by atoms with Gasteiger partial charge in [-0.3, -0.25) is 9.69 Å². The molecule has 0 saturated heterocycles. The summed E-state index contributed by atoms with van der Waals surface area (Å²) in [6.07, 6.45) is 1.59. The summed E-state index contributed by atoms with van der Waals surface area (Å²) in [6, 6.07) is 9.38. The number of fused-ring (bicyclic) bond motifs is 1. The normalized spacial score (nSPS) is 11.3. The number of methoxy groups -OCH3 is 2. The lowest BCUT2D eigenvalue weighted by Crippen LogP contribution is -2.22. The van der Waals surface area contributed by atoms with Crippen molar-refractivity contribution in [2.75, 3.05) is 21.3 Å². The molecule has 0 radical (unpaired) electrons. The van der Waals surface area contributed by atoms with Crippen LogP contribution in [0.5, 0.6) is 11.5 Å². The summed E-state index contributed by atoms with van der Waals surface area (Å²) in [4.78, 5) is 23.0. The van der Waals surface area contributed by atoms with Crippen LogP contribution in [0, 0.1) is 0 Å². The summed E-state index contributed by atoms with van der Waals surface area (Å²) in [7, 11) is 5.23. The highest BCUT2D eigenvalue weighted by atomic mass is 32.1. The quantitative estimate of drug-likeness (QED) is 0.497. The number of hydrogen-bond donors (Lipinski definition) is 1. The smallest absolute Gasteiger partial charge is 0.260 e. The van der Waals surface area contributed by atoms with Crippen LogP contribution in [0.4, 0.5) is 0 Å².